The lowest BCUT2D eigenvalue weighted by molar-refractivity contribution is 0.425. The van der Waals surface area contributed by atoms with Crippen LogP contribution < -0.4 is 10.1 Å². The Morgan fingerprint density at radius 1 is 1.10 bits per heavy atom. The van der Waals surface area contributed by atoms with Crippen LogP contribution in [0.1, 0.15) is 29.7 Å². The predicted molar refractivity (Wildman–Crippen MR) is 79.9 cm³/mol. The Morgan fingerprint density at radius 2 is 1.80 bits per heavy atom. The number of aryl methyl sites for hydroxylation is 1. The van der Waals surface area contributed by atoms with E-state index in [1.807, 2.05) is 52.1 Å². The molecule has 20 heavy (non-hydrogen) atoms. The molecule has 0 radical (unpaired) electrons. The number of hydrogen-bond donors (Lipinski definition) is 1. The van der Waals surface area contributed by atoms with Gasteiger partial charge in [-0.3, -0.25) is 0 Å². The van der Waals surface area contributed by atoms with Crippen LogP contribution in [-0.2, 0) is 0 Å². The summed E-state index contributed by atoms with van der Waals surface area (Å²) in [6.07, 6.45) is 0. The van der Waals surface area contributed by atoms with E-state index < -0.39 is 0 Å². The standard InChI is InChI=1S/C17H20FNO/c1-11-7-5-10-16(12(11)2)20-17-14(13(3)19-4)8-6-9-15(17)18/h5-10,13,19H,1-4H3. The van der Waals surface area contributed by atoms with Crippen LogP contribution in [0.4, 0.5) is 4.39 Å². The van der Waals surface area contributed by atoms with Gasteiger partial charge in [-0.2, -0.15) is 0 Å². The molecule has 1 atom stereocenters. The SMILES string of the molecule is CNC(C)c1cccc(F)c1Oc1cccc(C)c1C. The van der Waals surface area contributed by atoms with Gasteiger partial charge >= 0.3 is 0 Å². The van der Waals surface area contributed by atoms with E-state index in [0.29, 0.717) is 11.5 Å². The summed E-state index contributed by atoms with van der Waals surface area (Å²) in [6, 6.07) is 10.8. The lowest BCUT2D eigenvalue weighted by Gasteiger charge is -2.18. The van der Waals surface area contributed by atoms with Gasteiger partial charge in [0.1, 0.15) is 5.75 Å². The minimum absolute atomic E-state index is 0.0193. The molecule has 2 rings (SSSR count). The lowest BCUT2D eigenvalue weighted by Crippen LogP contribution is -2.13. The highest BCUT2D eigenvalue weighted by Gasteiger charge is 2.16. The zero-order chi connectivity index (χ0) is 14.7. The molecule has 0 fully saturated rings. The average molecular weight is 273 g/mol. The topological polar surface area (TPSA) is 21.3 Å². The maximum Gasteiger partial charge on any atom is 0.167 e. The number of rotatable bonds is 4. The summed E-state index contributed by atoms with van der Waals surface area (Å²) in [5.74, 6) is 0.646. The van der Waals surface area contributed by atoms with Crippen molar-refractivity contribution in [3.05, 3.63) is 58.9 Å². The molecule has 0 aliphatic heterocycles. The van der Waals surface area contributed by atoms with Gasteiger partial charge < -0.3 is 10.1 Å². The van der Waals surface area contributed by atoms with E-state index in [1.54, 1.807) is 6.07 Å². The maximum absolute atomic E-state index is 14.1. The van der Waals surface area contributed by atoms with Gasteiger partial charge in [0.2, 0.25) is 0 Å². The van der Waals surface area contributed by atoms with Crippen molar-refractivity contribution in [3.8, 4) is 11.5 Å². The highest BCUT2D eigenvalue weighted by molar-refractivity contribution is 5.45. The first-order valence-corrected chi connectivity index (χ1v) is 6.74. The Morgan fingerprint density at radius 3 is 2.50 bits per heavy atom. The van der Waals surface area contributed by atoms with Crippen molar-refractivity contribution in [2.24, 2.45) is 0 Å². The van der Waals surface area contributed by atoms with Gasteiger partial charge in [0.05, 0.1) is 0 Å². The van der Waals surface area contributed by atoms with E-state index in [2.05, 4.69) is 5.32 Å². The summed E-state index contributed by atoms with van der Waals surface area (Å²) < 4.78 is 20.0. The van der Waals surface area contributed by atoms with E-state index in [9.17, 15) is 4.39 Å². The van der Waals surface area contributed by atoms with E-state index in [-0.39, 0.29) is 11.9 Å². The van der Waals surface area contributed by atoms with Gasteiger partial charge in [-0.1, -0.05) is 24.3 Å². The summed E-state index contributed by atoms with van der Waals surface area (Å²) in [7, 11) is 1.84. The fraction of sp³-hybridized carbons (Fsp3) is 0.294. The van der Waals surface area contributed by atoms with Crippen molar-refractivity contribution in [3.63, 3.8) is 0 Å². The molecular weight excluding hydrogens is 253 g/mol. The number of nitrogens with one attached hydrogen (secondary N) is 1. The van der Waals surface area contributed by atoms with Gasteiger partial charge in [-0.15, -0.1) is 0 Å². The zero-order valence-electron chi connectivity index (χ0n) is 12.3. The van der Waals surface area contributed by atoms with Crippen LogP contribution in [0.3, 0.4) is 0 Å². The molecule has 0 saturated carbocycles. The van der Waals surface area contributed by atoms with Crippen LogP contribution in [0.2, 0.25) is 0 Å². The third kappa shape index (κ3) is 2.83. The number of ether oxygens (including phenoxy) is 1. The largest absolute Gasteiger partial charge is 0.454 e. The Bertz CT molecular complexity index is 610. The summed E-state index contributed by atoms with van der Waals surface area (Å²) in [4.78, 5) is 0. The highest BCUT2D eigenvalue weighted by Crippen LogP contribution is 2.34. The van der Waals surface area contributed by atoms with Crippen molar-refractivity contribution in [2.75, 3.05) is 7.05 Å². The number of benzene rings is 2. The van der Waals surface area contributed by atoms with E-state index >= 15 is 0 Å². The third-order valence-corrected chi connectivity index (χ3v) is 3.66. The Labute approximate surface area is 119 Å². The number of para-hydroxylation sites is 1. The van der Waals surface area contributed by atoms with Crippen molar-refractivity contribution in [2.45, 2.75) is 26.8 Å². The second-order valence-electron chi connectivity index (χ2n) is 4.97. The Balaban J connectivity index is 2.45. The fourth-order valence-electron chi connectivity index (χ4n) is 2.07. The van der Waals surface area contributed by atoms with Gasteiger partial charge in [-0.25, -0.2) is 4.39 Å². The molecule has 1 unspecified atom stereocenters. The van der Waals surface area contributed by atoms with Gasteiger partial charge in [0, 0.05) is 11.6 Å². The van der Waals surface area contributed by atoms with Gasteiger partial charge in [0.15, 0.2) is 11.6 Å². The Kier molecular flexibility index (Phi) is 4.40. The minimum atomic E-state index is -0.342. The zero-order valence-corrected chi connectivity index (χ0v) is 12.3. The minimum Gasteiger partial charge on any atom is -0.454 e. The molecule has 2 aromatic rings. The molecule has 0 aliphatic carbocycles. The summed E-state index contributed by atoms with van der Waals surface area (Å²) in [5, 5.41) is 3.11. The van der Waals surface area contributed by atoms with E-state index in [4.69, 9.17) is 4.74 Å². The number of hydrogen-bond acceptors (Lipinski definition) is 2. The van der Waals surface area contributed by atoms with Crippen LogP contribution in [0.15, 0.2) is 36.4 Å². The molecule has 2 nitrogen and oxygen atoms in total. The first kappa shape index (κ1) is 14.5. The summed E-state index contributed by atoms with van der Waals surface area (Å²) >= 11 is 0. The lowest BCUT2D eigenvalue weighted by atomic mass is 10.1. The maximum atomic E-state index is 14.1. The normalized spacial score (nSPS) is 12.2. The molecule has 0 saturated heterocycles. The first-order valence-electron chi connectivity index (χ1n) is 6.74. The van der Waals surface area contributed by atoms with Gasteiger partial charge in [-0.05, 0) is 51.1 Å². The molecule has 0 aliphatic rings. The summed E-state index contributed by atoms with van der Waals surface area (Å²) in [6.45, 7) is 5.97. The highest BCUT2D eigenvalue weighted by atomic mass is 19.1. The molecule has 106 valence electrons. The average Bonchev–Trinajstić information content (AvgIpc) is 2.45. The molecule has 2 aromatic carbocycles. The van der Waals surface area contributed by atoms with E-state index in [0.717, 1.165) is 16.7 Å². The van der Waals surface area contributed by atoms with Crippen molar-refractivity contribution in [1.29, 1.82) is 0 Å². The molecule has 0 amide bonds. The fourth-order valence-corrected chi connectivity index (χ4v) is 2.07. The summed E-state index contributed by atoms with van der Waals surface area (Å²) in [5.41, 5.74) is 2.97. The first-order chi connectivity index (χ1) is 9.54. The Hall–Kier alpha value is -1.87. The van der Waals surface area contributed by atoms with Gasteiger partial charge in [0.25, 0.3) is 0 Å². The van der Waals surface area contributed by atoms with Crippen molar-refractivity contribution in [1.82, 2.24) is 5.32 Å². The second kappa shape index (κ2) is 6.06. The van der Waals surface area contributed by atoms with Crippen LogP contribution in [0, 0.1) is 19.7 Å². The molecule has 1 N–H and O–H groups in total. The molecule has 0 bridgehead atoms. The van der Waals surface area contributed by atoms with Crippen LogP contribution >= 0.6 is 0 Å². The monoisotopic (exact) mass is 273 g/mol. The van der Waals surface area contributed by atoms with Crippen LogP contribution in [0.5, 0.6) is 11.5 Å². The van der Waals surface area contributed by atoms with Crippen LogP contribution in [0.25, 0.3) is 0 Å². The molecule has 0 heterocycles. The molecule has 0 aromatic heterocycles. The second-order valence-corrected chi connectivity index (χ2v) is 4.97. The molecule has 3 heteroatoms. The van der Waals surface area contributed by atoms with Crippen LogP contribution in [-0.4, -0.2) is 7.05 Å². The van der Waals surface area contributed by atoms with Crippen molar-refractivity contribution >= 4 is 0 Å². The van der Waals surface area contributed by atoms with Crippen molar-refractivity contribution < 1.29 is 9.13 Å². The smallest absolute Gasteiger partial charge is 0.167 e. The number of halogens is 1. The third-order valence-electron chi connectivity index (χ3n) is 3.66. The molecular formula is C17H20FNO. The predicted octanol–water partition coefficient (Wildman–Crippen LogP) is 4.52. The molecule has 0 spiro atoms. The quantitative estimate of drug-likeness (QED) is 0.884. The van der Waals surface area contributed by atoms with E-state index in [1.165, 1.54) is 6.07 Å².